The molecule has 106 valence electrons. The van der Waals surface area contributed by atoms with Gasteiger partial charge in [-0.15, -0.1) is 0 Å². The Morgan fingerprint density at radius 2 is 2.00 bits per heavy atom. The van der Waals surface area contributed by atoms with Crippen molar-refractivity contribution >= 4 is 44.4 Å². The lowest BCUT2D eigenvalue weighted by Gasteiger charge is -2.07. The lowest BCUT2D eigenvalue weighted by atomic mass is 10.1. The second kappa shape index (κ2) is 5.50. The highest BCUT2D eigenvalue weighted by Gasteiger charge is 2.15. The van der Waals surface area contributed by atoms with Crippen LogP contribution in [0, 0.1) is 0 Å². The van der Waals surface area contributed by atoms with E-state index in [2.05, 4.69) is 21.0 Å². The smallest absolute Gasteiger partial charge is 0.337 e. The Bertz CT molecular complexity index is 828. The third kappa shape index (κ3) is 2.80. The van der Waals surface area contributed by atoms with Crippen LogP contribution in [0.5, 0.6) is 0 Å². The van der Waals surface area contributed by atoms with Crippen molar-refractivity contribution in [3.63, 3.8) is 0 Å². The fourth-order valence-corrected chi connectivity index (χ4v) is 2.73. The lowest BCUT2D eigenvalue weighted by molar-refractivity contribution is 0.0698. The van der Waals surface area contributed by atoms with E-state index < -0.39 is 5.97 Å². The fourth-order valence-electron chi connectivity index (χ4n) is 2.24. The third-order valence-corrected chi connectivity index (χ3v) is 3.92. The van der Waals surface area contributed by atoms with Crippen LogP contribution in [0.3, 0.4) is 0 Å². The maximum absolute atomic E-state index is 11.4. The van der Waals surface area contributed by atoms with Crippen molar-refractivity contribution in [2.24, 2.45) is 0 Å². The fraction of sp³-hybridized carbons (Fsp3) is 0.0667. The minimum absolute atomic E-state index is 0.159. The van der Waals surface area contributed by atoms with Gasteiger partial charge in [-0.05, 0) is 29.8 Å². The zero-order chi connectivity index (χ0) is 15.0. The standard InChI is InChI=1S/C15H10BrClN2O2/c16-11-3-1-9(2-4-11)8-19-14-10(7-18-19)5-12(17)6-13(14)15(20)21/h1-7H,8H2,(H,20,21). The molecule has 1 aromatic heterocycles. The molecule has 0 spiro atoms. The molecule has 0 saturated heterocycles. The van der Waals surface area contributed by atoms with Gasteiger partial charge in [0.1, 0.15) is 0 Å². The van der Waals surface area contributed by atoms with Crippen LogP contribution >= 0.6 is 27.5 Å². The van der Waals surface area contributed by atoms with Gasteiger partial charge < -0.3 is 5.11 Å². The zero-order valence-electron chi connectivity index (χ0n) is 10.8. The average Bonchev–Trinajstić information content (AvgIpc) is 2.83. The van der Waals surface area contributed by atoms with E-state index in [0.29, 0.717) is 17.1 Å². The number of hydrogen-bond acceptors (Lipinski definition) is 2. The van der Waals surface area contributed by atoms with Gasteiger partial charge in [0.05, 0.1) is 23.8 Å². The van der Waals surface area contributed by atoms with Crippen LogP contribution in [0.2, 0.25) is 5.02 Å². The SMILES string of the molecule is O=C(O)c1cc(Cl)cc2cnn(Cc3ccc(Br)cc3)c12. The first-order valence-corrected chi connectivity index (χ1v) is 7.34. The van der Waals surface area contributed by atoms with Crippen LogP contribution in [-0.4, -0.2) is 20.9 Å². The minimum atomic E-state index is -1.01. The second-order valence-corrected chi connectivity index (χ2v) is 5.98. The van der Waals surface area contributed by atoms with E-state index in [9.17, 15) is 9.90 Å². The molecule has 0 fully saturated rings. The predicted octanol–water partition coefficient (Wildman–Crippen LogP) is 4.20. The molecule has 0 atom stereocenters. The zero-order valence-corrected chi connectivity index (χ0v) is 13.1. The van der Waals surface area contributed by atoms with E-state index >= 15 is 0 Å². The van der Waals surface area contributed by atoms with E-state index in [4.69, 9.17) is 11.6 Å². The number of carbonyl (C=O) groups is 1. The number of aromatic nitrogens is 2. The Balaban J connectivity index is 2.11. The summed E-state index contributed by atoms with van der Waals surface area (Å²) in [5.74, 6) is -1.01. The average molecular weight is 366 g/mol. The van der Waals surface area contributed by atoms with Crippen molar-refractivity contribution < 1.29 is 9.90 Å². The quantitative estimate of drug-likeness (QED) is 0.757. The van der Waals surface area contributed by atoms with Crippen molar-refractivity contribution in [3.05, 3.63) is 63.2 Å². The Labute approximate surface area is 134 Å². The number of fused-ring (bicyclic) bond motifs is 1. The largest absolute Gasteiger partial charge is 0.478 e. The van der Waals surface area contributed by atoms with Crippen molar-refractivity contribution in [1.29, 1.82) is 0 Å². The number of halogens is 2. The van der Waals surface area contributed by atoms with Crippen molar-refractivity contribution in [1.82, 2.24) is 9.78 Å². The monoisotopic (exact) mass is 364 g/mol. The molecule has 21 heavy (non-hydrogen) atoms. The summed E-state index contributed by atoms with van der Waals surface area (Å²) in [6, 6.07) is 11.0. The Morgan fingerprint density at radius 3 is 2.67 bits per heavy atom. The van der Waals surface area contributed by atoms with Gasteiger partial charge in [-0.1, -0.05) is 39.7 Å². The molecular formula is C15H10BrClN2O2. The molecule has 0 aliphatic rings. The minimum Gasteiger partial charge on any atom is -0.478 e. The Morgan fingerprint density at radius 1 is 1.29 bits per heavy atom. The molecule has 1 heterocycles. The Kier molecular flexibility index (Phi) is 3.69. The summed E-state index contributed by atoms with van der Waals surface area (Å²) in [6.07, 6.45) is 1.63. The topological polar surface area (TPSA) is 55.1 Å². The van der Waals surface area contributed by atoms with Gasteiger partial charge in [0, 0.05) is 14.9 Å². The van der Waals surface area contributed by atoms with Crippen molar-refractivity contribution in [2.75, 3.05) is 0 Å². The van der Waals surface area contributed by atoms with Crippen LogP contribution in [0.15, 0.2) is 47.1 Å². The van der Waals surface area contributed by atoms with Gasteiger partial charge in [0.15, 0.2) is 0 Å². The molecule has 3 rings (SSSR count). The highest BCUT2D eigenvalue weighted by molar-refractivity contribution is 9.10. The first-order valence-electron chi connectivity index (χ1n) is 6.17. The number of benzene rings is 2. The molecular weight excluding hydrogens is 356 g/mol. The number of carboxylic acids is 1. The van der Waals surface area contributed by atoms with Crippen LogP contribution < -0.4 is 0 Å². The highest BCUT2D eigenvalue weighted by atomic mass is 79.9. The molecule has 0 aliphatic heterocycles. The Hall–Kier alpha value is -1.85. The summed E-state index contributed by atoms with van der Waals surface area (Å²) in [5.41, 5.74) is 1.77. The molecule has 4 nitrogen and oxygen atoms in total. The van der Waals surface area contributed by atoms with E-state index in [0.717, 1.165) is 15.4 Å². The van der Waals surface area contributed by atoms with E-state index in [1.165, 1.54) is 6.07 Å². The molecule has 1 N–H and O–H groups in total. The van der Waals surface area contributed by atoms with Gasteiger partial charge >= 0.3 is 5.97 Å². The first-order chi connectivity index (χ1) is 10.0. The van der Waals surface area contributed by atoms with E-state index in [-0.39, 0.29) is 5.56 Å². The summed E-state index contributed by atoms with van der Waals surface area (Å²) < 4.78 is 2.67. The molecule has 0 amide bonds. The van der Waals surface area contributed by atoms with Gasteiger partial charge in [-0.2, -0.15) is 5.10 Å². The van der Waals surface area contributed by atoms with E-state index in [1.54, 1.807) is 16.9 Å². The van der Waals surface area contributed by atoms with Crippen molar-refractivity contribution in [3.8, 4) is 0 Å². The van der Waals surface area contributed by atoms with Gasteiger partial charge in [-0.3, -0.25) is 4.68 Å². The lowest BCUT2D eigenvalue weighted by Crippen LogP contribution is -2.06. The van der Waals surface area contributed by atoms with Gasteiger partial charge in [0.25, 0.3) is 0 Å². The number of aromatic carboxylic acids is 1. The molecule has 0 saturated carbocycles. The van der Waals surface area contributed by atoms with Crippen LogP contribution in [0.25, 0.3) is 10.9 Å². The van der Waals surface area contributed by atoms with Crippen LogP contribution in [0.4, 0.5) is 0 Å². The molecule has 2 aromatic carbocycles. The maximum atomic E-state index is 11.4. The summed E-state index contributed by atoms with van der Waals surface area (Å²) in [4.78, 5) is 11.4. The summed E-state index contributed by atoms with van der Waals surface area (Å²) >= 11 is 9.34. The summed E-state index contributed by atoms with van der Waals surface area (Å²) in [6.45, 7) is 0.499. The summed E-state index contributed by atoms with van der Waals surface area (Å²) in [7, 11) is 0. The molecule has 0 bridgehead atoms. The van der Waals surface area contributed by atoms with Crippen LogP contribution in [0.1, 0.15) is 15.9 Å². The van der Waals surface area contributed by atoms with Crippen molar-refractivity contribution in [2.45, 2.75) is 6.54 Å². The van der Waals surface area contributed by atoms with Gasteiger partial charge in [-0.25, -0.2) is 4.79 Å². The predicted molar refractivity (Wildman–Crippen MR) is 84.9 cm³/mol. The van der Waals surface area contributed by atoms with Gasteiger partial charge in [0.2, 0.25) is 0 Å². The second-order valence-electron chi connectivity index (χ2n) is 4.63. The molecule has 6 heteroatoms. The number of hydrogen-bond donors (Lipinski definition) is 1. The molecule has 3 aromatic rings. The maximum Gasteiger partial charge on any atom is 0.337 e. The first kappa shape index (κ1) is 14.1. The molecule has 0 radical (unpaired) electrons. The van der Waals surface area contributed by atoms with E-state index in [1.807, 2.05) is 24.3 Å². The normalized spacial score (nSPS) is 11.0. The number of rotatable bonds is 3. The number of carboxylic acid groups (broad SMARTS) is 1. The van der Waals surface area contributed by atoms with Crippen LogP contribution in [-0.2, 0) is 6.54 Å². The molecule has 0 unspecified atom stereocenters. The third-order valence-electron chi connectivity index (χ3n) is 3.17. The highest BCUT2D eigenvalue weighted by Crippen LogP contribution is 2.25. The molecule has 0 aliphatic carbocycles. The summed E-state index contributed by atoms with van der Waals surface area (Å²) in [5, 5.41) is 14.7. The number of nitrogens with zero attached hydrogens (tertiary/aromatic N) is 2.